The highest BCUT2D eigenvalue weighted by Crippen LogP contribution is 2.28. The zero-order valence-electron chi connectivity index (χ0n) is 14.0. The molecule has 0 spiro atoms. The summed E-state index contributed by atoms with van der Waals surface area (Å²) in [6.07, 6.45) is 2.55. The highest BCUT2D eigenvalue weighted by Gasteiger charge is 2.45. The Morgan fingerprint density at radius 1 is 1.33 bits per heavy atom. The van der Waals surface area contributed by atoms with E-state index in [2.05, 4.69) is 10.6 Å². The first-order valence-corrected chi connectivity index (χ1v) is 8.80. The molecule has 0 bridgehead atoms. The van der Waals surface area contributed by atoms with Gasteiger partial charge in [-0.25, -0.2) is 0 Å². The lowest BCUT2D eigenvalue weighted by Crippen LogP contribution is -2.68. The van der Waals surface area contributed by atoms with Gasteiger partial charge in [-0.05, 0) is 43.9 Å². The topological polar surface area (TPSA) is 87.7 Å². The summed E-state index contributed by atoms with van der Waals surface area (Å²) in [5.74, 6) is -0.279. The fourth-order valence-corrected chi connectivity index (χ4v) is 3.02. The van der Waals surface area contributed by atoms with Gasteiger partial charge in [0.25, 0.3) is 11.8 Å². The quantitative estimate of drug-likeness (QED) is 0.671. The van der Waals surface area contributed by atoms with E-state index in [9.17, 15) is 14.7 Å². The van der Waals surface area contributed by atoms with Crippen molar-refractivity contribution in [2.45, 2.75) is 31.4 Å². The van der Waals surface area contributed by atoms with Gasteiger partial charge in [-0.15, -0.1) is 11.8 Å². The van der Waals surface area contributed by atoms with E-state index in [0.29, 0.717) is 13.0 Å². The molecular formula is C17H22N2O4S. The van der Waals surface area contributed by atoms with E-state index >= 15 is 0 Å². The second-order valence-electron chi connectivity index (χ2n) is 5.81. The third kappa shape index (κ3) is 4.30. The van der Waals surface area contributed by atoms with Gasteiger partial charge < -0.3 is 20.5 Å². The van der Waals surface area contributed by atoms with Crippen LogP contribution in [0.4, 0.5) is 0 Å². The number of hydrogen-bond donors (Lipinski definition) is 3. The molecule has 1 saturated heterocycles. The summed E-state index contributed by atoms with van der Waals surface area (Å²) in [6, 6.07) is 7.39. The van der Waals surface area contributed by atoms with Crippen LogP contribution in [0.2, 0.25) is 0 Å². The summed E-state index contributed by atoms with van der Waals surface area (Å²) >= 11 is 1.23. The van der Waals surface area contributed by atoms with Crippen LogP contribution >= 0.6 is 11.8 Å². The Labute approximate surface area is 145 Å². The van der Waals surface area contributed by atoms with Crippen molar-refractivity contribution in [3.05, 3.63) is 41.5 Å². The third-order valence-electron chi connectivity index (χ3n) is 3.67. The van der Waals surface area contributed by atoms with E-state index in [1.165, 1.54) is 17.3 Å². The Balaban J connectivity index is 2.07. The van der Waals surface area contributed by atoms with Gasteiger partial charge in [0.1, 0.15) is 12.4 Å². The van der Waals surface area contributed by atoms with Crippen LogP contribution in [-0.4, -0.2) is 40.9 Å². The SMILES string of the molecule is CS[C@]1(Cc2ccc(OCC=C(C)C)cc2)NC(=O)C(O)NC1=O. The van der Waals surface area contributed by atoms with E-state index in [1.807, 2.05) is 44.2 Å². The third-order valence-corrected chi connectivity index (χ3v) is 4.80. The lowest BCUT2D eigenvalue weighted by atomic mass is 10.0. The monoisotopic (exact) mass is 350 g/mol. The van der Waals surface area contributed by atoms with Gasteiger partial charge >= 0.3 is 0 Å². The minimum absolute atomic E-state index is 0.312. The van der Waals surface area contributed by atoms with Gasteiger partial charge in [-0.1, -0.05) is 17.7 Å². The van der Waals surface area contributed by atoms with Crippen LogP contribution < -0.4 is 15.4 Å². The molecule has 1 aromatic carbocycles. The number of aliphatic hydroxyl groups excluding tert-OH is 1. The molecule has 1 aliphatic rings. The molecule has 1 aliphatic heterocycles. The number of benzene rings is 1. The zero-order chi connectivity index (χ0) is 17.7. The van der Waals surface area contributed by atoms with Gasteiger partial charge in [0.15, 0.2) is 4.87 Å². The van der Waals surface area contributed by atoms with E-state index in [-0.39, 0.29) is 0 Å². The summed E-state index contributed by atoms with van der Waals surface area (Å²) < 4.78 is 5.60. The first-order chi connectivity index (χ1) is 11.4. The second kappa shape index (κ2) is 7.72. The van der Waals surface area contributed by atoms with Gasteiger partial charge in [0.2, 0.25) is 6.23 Å². The maximum atomic E-state index is 12.2. The first kappa shape index (κ1) is 18.4. The van der Waals surface area contributed by atoms with Crippen molar-refractivity contribution in [3.63, 3.8) is 0 Å². The molecule has 130 valence electrons. The Hall–Kier alpha value is -1.99. The maximum absolute atomic E-state index is 12.2. The molecule has 6 nitrogen and oxygen atoms in total. The van der Waals surface area contributed by atoms with E-state index in [4.69, 9.17) is 4.74 Å². The highest BCUT2D eigenvalue weighted by atomic mass is 32.2. The Kier molecular flexibility index (Phi) is 5.90. The standard InChI is InChI=1S/C17H22N2O4S/c1-11(2)8-9-23-13-6-4-12(5-7-13)10-17(24-3)16(22)18-14(20)15(21)19-17/h4-8,14,20H,9-10H2,1-3H3,(H,18,22)(H,19,21)/t14?,17-/m0/s1. The number of carbonyl (C=O) groups excluding carboxylic acids is 2. The highest BCUT2D eigenvalue weighted by molar-refractivity contribution is 8.00. The number of rotatable bonds is 6. The van der Waals surface area contributed by atoms with Crippen LogP contribution in [-0.2, 0) is 16.0 Å². The van der Waals surface area contributed by atoms with Crippen LogP contribution in [0.15, 0.2) is 35.9 Å². The first-order valence-electron chi connectivity index (χ1n) is 7.57. The number of hydrogen-bond acceptors (Lipinski definition) is 5. The van der Waals surface area contributed by atoms with Gasteiger partial charge in [-0.3, -0.25) is 9.59 Å². The molecule has 7 heteroatoms. The normalized spacial score (nSPS) is 23.2. The van der Waals surface area contributed by atoms with Gasteiger partial charge in [-0.2, -0.15) is 0 Å². The van der Waals surface area contributed by atoms with Crippen LogP contribution in [0.1, 0.15) is 19.4 Å². The van der Waals surface area contributed by atoms with Crippen molar-refractivity contribution < 1.29 is 19.4 Å². The number of amides is 2. The van der Waals surface area contributed by atoms with Crippen molar-refractivity contribution in [2.24, 2.45) is 0 Å². The lowest BCUT2D eigenvalue weighted by molar-refractivity contribution is -0.146. The number of aliphatic hydroxyl groups is 1. The fraction of sp³-hybridized carbons (Fsp3) is 0.412. The second-order valence-corrected chi connectivity index (χ2v) is 6.91. The summed E-state index contributed by atoms with van der Waals surface area (Å²) in [5, 5.41) is 14.3. The molecular weight excluding hydrogens is 328 g/mol. The molecule has 3 N–H and O–H groups in total. The Morgan fingerprint density at radius 2 is 2.00 bits per heavy atom. The van der Waals surface area contributed by atoms with Crippen LogP contribution in [0.3, 0.4) is 0 Å². The minimum Gasteiger partial charge on any atom is -0.490 e. The fourth-order valence-electron chi connectivity index (χ4n) is 2.27. The summed E-state index contributed by atoms with van der Waals surface area (Å²) in [5.41, 5.74) is 2.07. The molecule has 1 heterocycles. The summed E-state index contributed by atoms with van der Waals surface area (Å²) in [6.45, 7) is 4.52. The zero-order valence-corrected chi connectivity index (χ0v) is 14.8. The van der Waals surface area contributed by atoms with Crippen molar-refractivity contribution >= 4 is 23.6 Å². The summed E-state index contributed by atoms with van der Waals surface area (Å²) in [7, 11) is 0. The molecule has 1 unspecified atom stereocenters. The van der Waals surface area contributed by atoms with Crippen LogP contribution in [0, 0.1) is 0 Å². The van der Waals surface area contributed by atoms with Crippen molar-refractivity contribution in [2.75, 3.05) is 12.9 Å². The smallest absolute Gasteiger partial charge is 0.271 e. The number of nitrogens with one attached hydrogen (secondary N) is 2. The van der Waals surface area contributed by atoms with Gasteiger partial charge in [0.05, 0.1) is 0 Å². The van der Waals surface area contributed by atoms with Crippen molar-refractivity contribution in [1.29, 1.82) is 0 Å². The number of thioether (sulfide) groups is 1. The van der Waals surface area contributed by atoms with Crippen LogP contribution in [0.5, 0.6) is 5.75 Å². The maximum Gasteiger partial charge on any atom is 0.271 e. The average molecular weight is 350 g/mol. The Bertz CT molecular complexity index is 640. The van der Waals surface area contributed by atoms with Crippen molar-refractivity contribution in [1.82, 2.24) is 10.6 Å². The van der Waals surface area contributed by atoms with E-state index in [1.54, 1.807) is 6.26 Å². The molecule has 2 amide bonds. The van der Waals surface area contributed by atoms with E-state index in [0.717, 1.165) is 11.3 Å². The predicted molar refractivity (Wildman–Crippen MR) is 93.6 cm³/mol. The van der Waals surface area contributed by atoms with Gasteiger partial charge in [0, 0.05) is 6.42 Å². The van der Waals surface area contributed by atoms with Crippen LogP contribution in [0.25, 0.3) is 0 Å². The molecule has 1 aromatic rings. The lowest BCUT2D eigenvalue weighted by Gasteiger charge is -2.37. The van der Waals surface area contributed by atoms with E-state index < -0.39 is 22.9 Å². The average Bonchev–Trinajstić information content (AvgIpc) is 2.54. The number of carbonyl (C=O) groups is 2. The number of allylic oxidation sites excluding steroid dienone is 1. The molecule has 1 fully saturated rings. The number of piperazine rings is 1. The molecule has 0 aromatic heterocycles. The molecule has 24 heavy (non-hydrogen) atoms. The predicted octanol–water partition coefficient (Wildman–Crippen LogP) is 1.20. The molecule has 2 rings (SSSR count). The van der Waals surface area contributed by atoms with Crippen molar-refractivity contribution in [3.8, 4) is 5.75 Å². The Morgan fingerprint density at radius 3 is 2.58 bits per heavy atom. The molecule has 2 atom stereocenters. The molecule has 0 saturated carbocycles. The minimum atomic E-state index is -1.50. The molecule has 0 aliphatic carbocycles. The summed E-state index contributed by atoms with van der Waals surface area (Å²) in [4.78, 5) is 22.8. The largest absolute Gasteiger partial charge is 0.490 e. The molecule has 0 radical (unpaired) electrons. The number of ether oxygens (including phenoxy) is 1.